The summed E-state index contributed by atoms with van der Waals surface area (Å²) in [6, 6.07) is 6.16. The number of hydrogen-bond acceptors (Lipinski definition) is 3. The van der Waals surface area contributed by atoms with E-state index in [0.29, 0.717) is 17.8 Å². The second-order valence-electron chi connectivity index (χ2n) is 7.23. The van der Waals surface area contributed by atoms with E-state index >= 15 is 0 Å². The minimum Gasteiger partial charge on any atom is -0.488 e. The number of ether oxygens (including phenoxy) is 1. The Hall–Kier alpha value is -2.55. The van der Waals surface area contributed by atoms with Gasteiger partial charge in [-0.25, -0.2) is 4.79 Å². The van der Waals surface area contributed by atoms with Crippen LogP contribution in [0.4, 0.5) is 0 Å². The molecule has 3 nitrogen and oxygen atoms in total. The summed E-state index contributed by atoms with van der Waals surface area (Å²) in [5.41, 5.74) is 9.14. The first-order valence-electron chi connectivity index (χ1n) is 8.95. The smallest absolute Gasteiger partial charge is 0.339 e. The van der Waals surface area contributed by atoms with Gasteiger partial charge in [0.05, 0.1) is 0 Å². The van der Waals surface area contributed by atoms with Crippen molar-refractivity contribution in [3.63, 3.8) is 0 Å². The predicted octanol–water partition coefficient (Wildman–Crippen LogP) is 5.53. The quantitative estimate of drug-likeness (QED) is 0.583. The summed E-state index contributed by atoms with van der Waals surface area (Å²) in [4.78, 5) is 12.1. The third-order valence-corrected chi connectivity index (χ3v) is 5.72. The van der Waals surface area contributed by atoms with Gasteiger partial charge in [-0.05, 0) is 94.0 Å². The van der Waals surface area contributed by atoms with Crippen LogP contribution in [0.3, 0.4) is 0 Å². The van der Waals surface area contributed by atoms with Crippen LogP contribution in [0, 0.1) is 48.5 Å². The standard InChI is InChI=1S/C23H26O3/c1-12-10-13(2)15(4)20(14(12)3)11-25-21-9-8-19-16(5)17(6)23(24)26-22(19)18(21)7/h8-10H,11H2,1-7H3. The zero-order valence-corrected chi connectivity index (χ0v) is 16.7. The van der Waals surface area contributed by atoms with Crippen molar-refractivity contribution in [2.45, 2.75) is 55.1 Å². The van der Waals surface area contributed by atoms with Crippen LogP contribution in [0.15, 0.2) is 27.4 Å². The molecular formula is C23H26O3. The Balaban J connectivity index is 2.03. The molecule has 1 aromatic heterocycles. The van der Waals surface area contributed by atoms with Crippen molar-refractivity contribution in [3.8, 4) is 5.75 Å². The van der Waals surface area contributed by atoms with Crippen LogP contribution < -0.4 is 10.4 Å². The van der Waals surface area contributed by atoms with Crippen molar-refractivity contribution in [1.29, 1.82) is 0 Å². The minimum atomic E-state index is -0.281. The number of aryl methyl sites for hydroxylation is 4. The molecule has 0 aliphatic heterocycles. The normalized spacial score (nSPS) is 11.2. The van der Waals surface area contributed by atoms with Crippen LogP contribution in [0.25, 0.3) is 11.0 Å². The molecule has 0 amide bonds. The van der Waals surface area contributed by atoms with E-state index in [1.807, 2.05) is 26.0 Å². The molecule has 0 saturated carbocycles. The maximum absolute atomic E-state index is 12.1. The molecule has 3 heteroatoms. The lowest BCUT2D eigenvalue weighted by atomic mass is 9.95. The second kappa shape index (κ2) is 6.64. The van der Waals surface area contributed by atoms with E-state index in [9.17, 15) is 4.79 Å². The first-order chi connectivity index (χ1) is 12.2. The summed E-state index contributed by atoms with van der Waals surface area (Å²) in [5, 5.41) is 0.964. The highest BCUT2D eigenvalue weighted by atomic mass is 16.5. The minimum absolute atomic E-state index is 0.281. The molecule has 0 unspecified atom stereocenters. The Labute approximate surface area is 154 Å². The first-order valence-corrected chi connectivity index (χ1v) is 8.95. The van der Waals surface area contributed by atoms with E-state index in [1.54, 1.807) is 6.92 Å². The largest absolute Gasteiger partial charge is 0.488 e. The zero-order chi connectivity index (χ0) is 19.2. The number of benzene rings is 2. The SMILES string of the molecule is Cc1cc(C)c(C)c(COc2ccc3c(C)c(C)c(=O)oc3c2C)c1C. The van der Waals surface area contributed by atoms with Crippen molar-refractivity contribution in [1.82, 2.24) is 0 Å². The third-order valence-electron chi connectivity index (χ3n) is 5.72. The molecule has 0 bridgehead atoms. The Kier molecular flexibility index (Phi) is 4.66. The first kappa shape index (κ1) is 18.2. The summed E-state index contributed by atoms with van der Waals surface area (Å²) in [6.07, 6.45) is 0. The van der Waals surface area contributed by atoms with E-state index in [4.69, 9.17) is 9.15 Å². The Bertz CT molecular complexity index is 1050. The monoisotopic (exact) mass is 350 g/mol. The topological polar surface area (TPSA) is 39.4 Å². The summed E-state index contributed by atoms with van der Waals surface area (Å²) in [5.74, 6) is 0.752. The van der Waals surface area contributed by atoms with Crippen LogP contribution in [0.5, 0.6) is 5.75 Å². The Morgan fingerprint density at radius 2 is 1.42 bits per heavy atom. The van der Waals surface area contributed by atoms with Crippen molar-refractivity contribution < 1.29 is 9.15 Å². The third kappa shape index (κ3) is 2.92. The predicted molar refractivity (Wildman–Crippen MR) is 106 cm³/mol. The molecule has 2 aromatic carbocycles. The maximum atomic E-state index is 12.1. The molecule has 3 rings (SSSR count). The second-order valence-corrected chi connectivity index (χ2v) is 7.23. The van der Waals surface area contributed by atoms with Gasteiger partial charge in [-0.15, -0.1) is 0 Å². The summed E-state index contributed by atoms with van der Waals surface area (Å²) >= 11 is 0. The van der Waals surface area contributed by atoms with Crippen LogP contribution >= 0.6 is 0 Å². The molecular weight excluding hydrogens is 324 g/mol. The average Bonchev–Trinajstić information content (AvgIpc) is 2.60. The van der Waals surface area contributed by atoms with Gasteiger partial charge in [-0.2, -0.15) is 0 Å². The highest BCUT2D eigenvalue weighted by Crippen LogP contribution is 2.30. The van der Waals surface area contributed by atoms with Crippen molar-refractivity contribution in [2.24, 2.45) is 0 Å². The number of rotatable bonds is 3. The van der Waals surface area contributed by atoms with E-state index in [1.165, 1.54) is 27.8 Å². The van der Waals surface area contributed by atoms with Gasteiger partial charge in [0, 0.05) is 16.5 Å². The van der Waals surface area contributed by atoms with Crippen LogP contribution in [0.1, 0.15) is 44.5 Å². The zero-order valence-electron chi connectivity index (χ0n) is 16.7. The summed E-state index contributed by atoms with van der Waals surface area (Å²) in [7, 11) is 0. The number of fused-ring (bicyclic) bond motifs is 1. The summed E-state index contributed by atoms with van der Waals surface area (Å²) < 4.78 is 11.7. The Morgan fingerprint density at radius 3 is 2.04 bits per heavy atom. The van der Waals surface area contributed by atoms with Gasteiger partial charge in [0.25, 0.3) is 0 Å². The fourth-order valence-electron chi connectivity index (χ4n) is 3.45. The van der Waals surface area contributed by atoms with E-state index in [0.717, 1.165) is 22.3 Å². The molecule has 26 heavy (non-hydrogen) atoms. The number of hydrogen-bond donors (Lipinski definition) is 0. The lowest BCUT2D eigenvalue weighted by Gasteiger charge is -2.17. The summed E-state index contributed by atoms with van der Waals surface area (Å²) in [6.45, 7) is 14.7. The van der Waals surface area contributed by atoms with Gasteiger partial charge in [0.15, 0.2) is 0 Å². The Morgan fingerprint density at radius 1 is 0.808 bits per heavy atom. The molecule has 0 aliphatic carbocycles. The average molecular weight is 350 g/mol. The van der Waals surface area contributed by atoms with Gasteiger partial charge in [0.2, 0.25) is 0 Å². The van der Waals surface area contributed by atoms with Gasteiger partial charge in [-0.1, -0.05) is 6.07 Å². The van der Waals surface area contributed by atoms with Crippen molar-refractivity contribution >= 4 is 11.0 Å². The van der Waals surface area contributed by atoms with Gasteiger partial charge < -0.3 is 9.15 Å². The highest BCUT2D eigenvalue weighted by Gasteiger charge is 2.14. The fourth-order valence-corrected chi connectivity index (χ4v) is 3.45. The van der Waals surface area contributed by atoms with E-state index in [-0.39, 0.29) is 5.63 Å². The van der Waals surface area contributed by atoms with Crippen molar-refractivity contribution in [2.75, 3.05) is 0 Å². The van der Waals surface area contributed by atoms with E-state index in [2.05, 4.69) is 33.8 Å². The van der Waals surface area contributed by atoms with Gasteiger partial charge in [0.1, 0.15) is 17.9 Å². The molecule has 0 saturated heterocycles. The van der Waals surface area contributed by atoms with Crippen molar-refractivity contribution in [3.05, 3.63) is 73.1 Å². The molecule has 0 N–H and O–H groups in total. The lowest BCUT2D eigenvalue weighted by Crippen LogP contribution is -2.07. The van der Waals surface area contributed by atoms with Gasteiger partial charge >= 0.3 is 5.63 Å². The molecule has 0 aliphatic rings. The molecule has 3 aromatic rings. The molecule has 0 radical (unpaired) electrons. The lowest BCUT2D eigenvalue weighted by molar-refractivity contribution is 0.302. The molecule has 0 atom stereocenters. The fraction of sp³-hybridized carbons (Fsp3) is 0.348. The maximum Gasteiger partial charge on any atom is 0.339 e. The molecule has 0 fully saturated rings. The van der Waals surface area contributed by atoms with Gasteiger partial charge in [-0.3, -0.25) is 0 Å². The highest BCUT2D eigenvalue weighted by molar-refractivity contribution is 5.85. The van der Waals surface area contributed by atoms with Crippen LogP contribution in [-0.4, -0.2) is 0 Å². The molecule has 1 heterocycles. The van der Waals surface area contributed by atoms with E-state index < -0.39 is 0 Å². The van der Waals surface area contributed by atoms with Crippen LogP contribution in [0.2, 0.25) is 0 Å². The molecule has 136 valence electrons. The van der Waals surface area contributed by atoms with Crippen LogP contribution in [-0.2, 0) is 6.61 Å². The molecule has 0 spiro atoms.